The van der Waals surface area contributed by atoms with Crippen LogP contribution in [0.5, 0.6) is 5.75 Å². The molecule has 0 saturated heterocycles. The molecule has 0 amide bonds. The van der Waals surface area contributed by atoms with Crippen LogP contribution in [0.2, 0.25) is 0 Å². The minimum Gasteiger partial charge on any atom is -0.494 e. The summed E-state index contributed by atoms with van der Waals surface area (Å²) in [5.41, 5.74) is 0. The third kappa shape index (κ3) is 3.97. The maximum absolute atomic E-state index is 5.75. The second kappa shape index (κ2) is 6.42. The summed E-state index contributed by atoms with van der Waals surface area (Å²) in [6, 6.07) is 11.0. The highest BCUT2D eigenvalue weighted by molar-refractivity contribution is 5.20. The van der Waals surface area contributed by atoms with Gasteiger partial charge in [-0.25, -0.2) is 0 Å². The molecule has 2 nitrogen and oxygen atoms in total. The molecule has 0 aliphatic heterocycles. The van der Waals surface area contributed by atoms with Gasteiger partial charge in [-0.1, -0.05) is 18.2 Å². The Morgan fingerprint density at radius 3 is 2.47 bits per heavy atom. The van der Waals surface area contributed by atoms with Crippen molar-refractivity contribution in [2.24, 2.45) is 11.8 Å². The molecule has 0 radical (unpaired) electrons. The number of hydrogen-bond acceptors (Lipinski definition) is 2. The Morgan fingerprint density at radius 1 is 1.00 bits per heavy atom. The van der Waals surface area contributed by atoms with E-state index < -0.39 is 0 Å². The lowest BCUT2D eigenvalue weighted by Crippen LogP contribution is -2.36. The quantitative estimate of drug-likeness (QED) is 0.720. The average molecular weight is 259 g/mol. The van der Waals surface area contributed by atoms with Crippen LogP contribution in [0.4, 0.5) is 0 Å². The highest BCUT2D eigenvalue weighted by Gasteiger charge is 2.31. The minimum absolute atomic E-state index is 0.864. The van der Waals surface area contributed by atoms with Crippen LogP contribution in [0.3, 0.4) is 0 Å². The zero-order chi connectivity index (χ0) is 12.9. The second-order valence-corrected chi connectivity index (χ2v) is 6.08. The van der Waals surface area contributed by atoms with E-state index in [0.29, 0.717) is 0 Å². The van der Waals surface area contributed by atoms with Crippen LogP contribution >= 0.6 is 0 Å². The molecule has 2 heteroatoms. The van der Waals surface area contributed by atoms with Crippen LogP contribution in [-0.4, -0.2) is 19.2 Å². The van der Waals surface area contributed by atoms with Gasteiger partial charge in [0.05, 0.1) is 6.61 Å². The number of rotatable bonds is 8. The molecule has 0 heterocycles. The first-order valence-corrected chi connectivity index (χ1v) is 7.83. The van der Waals surface area contributed by atoms with E-state index in [1.807, 2.05) is 30.3 Å². The van der Waals surface area contributed by atoms with Gasteiger partial charge in [-0.3, -0.25) is 0 Å². The van der Waals surface area contributed by atoms with Crippen molar-refractivity contribution in [2.75, 3.05) is 13.2 Å². The number of para-hydroxylation sites is 1. The largest absolute Gasteiger partial charge is 0.494 e. The SMILES string of the molecule is c1ccc(OCCCC2CCC2CNC2CC2)cc1. The van der Waals surface area contributed by atoms with E-state index in [1.165, 1.54) is 45.1 Å². The van der Waals surface area contributed by atoms with Gasteiger partial charge in [0.1, 0.15) is 5.75 Å². The summed E-state index contributed by atoms with van der Waals surface area (Å²) in [6.07, 6.45) is 8.21. The zero-order valence-electron chi connectivity index (χ0n) is 11.7. The Kier molecular flexibility index (Phi) is 4.39. The van der Waals surface area contributed by atoms with Gasteiger partial charge in [0, 0.05) is 6.04 Å². The van der Waals surface area contributed by atoms with E-state index in [2.05, 4.69) is 5.32 Å². The molecule has 104 valence electrons. The highest BCUT2D eigenvalue weighted by atomic mass is 16.5. The van der Waals surface area contributed by atoms with Crippen molar-refractivity contribution in [3.63, 3.8) is 0 Å². The Morgan fingerprint density at radius 2 is 1.79 bits per heavy atom. The molecule has 1 aromatic rings. The van der Waals surface area contributed by atoms with Gasteiger partial charge in [-0.05, 0) is 69.0 Å². The lowest BCUT2D eigenvalue weighted by atomic mass is 9.71. The number of nitrogens with one attached hydrogen (secondary N) is 1. The van der Waals surface area contributed by atoms with Crippen LogP contribution in [0, 0.1) is 11.8 Å². The van der Waals surface area contributed by atoms with Crippen molar-refractivity contribution in [1.82, 2.24) is 5.32 Å². The maximum Gasteiger partial charge on any atom is 0.119 e. The van der Waals surface area contributed by atoms with Gasteiger partial charge >= 0.3 is 0 Å². The summed E-state index contributed by atoms with van der Waals surface area (Å²) in [4.78, 5) is 0. The van der Waals surface area contributed by atoms with E-state index in [9.17, 15) is 0 Å². The normalized spacial score (nSPS) is 25.9. The molecular weight excluding hydrogens is 234 g/mol. The van der Waals surface area contributed by atoms with Crippen molar-refractivity contribution in [3.05, 3.63) is 30.3 Å². The number of benzene rings is 1. The molecule has 1 aromatic carbocycles. The molecule has 2 saturated carbocycles. The van der Waals surface area contributed by atoms with E-state index in [0.717, 1.165) is 30.2 Å². The lowest BCUT2D eigenvalue weighted by molar-refractivity contribution is 0.148. The van der Waals surface area contributed by atoms with Gasteiger partial charge < -0.3 is 10.1 Å². The predicted octanol–water partition coefficient (Wildman–Crippen LogP) is 3.62. The molecule has 1 N–H and O–H groups in total. The molecule has 2 fully saturated rings. The molecule has 2 aliphatic rings. The molecule has 0 bridgehead atoms. The smallest absolute Gasteiger partial charge is 0.119 e. The molecule has 2 aliphatic carbocycles. The summed E-state index contributed by atoms with van der Waals surface area (Å²) >= 11 is 0. The van der Waals surface area contributed by atoms with E-state index in [1.54, 1.807) is 0 Å². The molecule has 2 atom stereocenters. The maximum atomic E-state index is 5.75. The minimum atomic E-state index is 0.864. The number of ether oxygens (including phenoxy) is 1. The zero-order valence-corrected chi connectivity index (χ0v) is 11.7. The fraction of sp³-hybridized carbons (Fsp3) is 0.647. The highest BCUT2D eigenvalue weighted by Crippen LogP contribution is 2.37. The molecule has 3 rings (SSSR count). The Bertz CT molecular complexity index is 374. The van der Waals surface area contributed by atoms with Crippen molar-refractivity contribution in [1.29, 1.82) is 0 Å². The Hall–Kier alpha value is -1.02. The van der Waals surface area contributed by atoms with Crippen molar-refractivity contribution in [3.8, 4) is 5.75 Å². The van der Waals surface area contributed by atoms with E-state index in [-0.39, 0.29) is 0 Å². The van der Waals surface area contributed by atoms with Gasteiger partial charge in [0.2, 0.25) is 0 Å². The fourth-order valence-corrected chi connectivity index (χ4v) is 2.94. The standard InChI is InChI=1S/C17H25NO/c1-2-6-17(7-3-1)19-12-4-5-14-8-9-15(14)13-18-16-10-11-16/h1-3,6-7,14-16,18H,4-5,8-13H2. The summed E-state index contributed by atoms with van der Waals surface area (Å²) in [5.74, 6) is 2.89. The first kappa shape index (κ1) is 13.0. The Labute approximate surface area is 116 Å². The topological polar surface area (TPSA) is 21.3 Å². The molecule has 2 unspecified atom stereocenters. The van der Waals surface area contributed by atoms with Crippen LogP contribution in [0.25, 0.3) is 0 Å². The van der Waals surface area contributed by atoms with Gasteiger partial charge in [-0.2, -0.15) is 0 Å². The van der Waals surface area contributed by atoms with E-state index >= 15 is 0 Å². The lowest BCUT2D eigenvalue weighted by Gasteiger charge is -2.37. The third-order valence-corrected chi connectivity index (χ3v) is 4.55. The summed E-state index contributed by atoms with van der Waals surface area (Å²) < 4.78 is 5.75. The number of hydrogen-bond donors (Lipinski definition) is 1. The monoisotopic (exact) mass is 259 g/mol. The van der Waals surface area contributed by atoms with Crippen LogP contribution in [0.15, 0.2) is 30.3 Å². The van der Waals surface area contributed by atoms with Crippen molar-refractivity contribution >= 4 is 0 Å². The summed E-state index contributed by atoms with van der Waals surface area (Å²) in [5, 5.41) is 3.67. The van der Waals surface area contributed by atoms with Crippen LogP contribution < -0.4 is 10.1 Å². The molecular formula is C17H25NO. The van der Waals surface area contributed by atoms with Crippen LogP contribution in [-0.2, 0) is 0 Å². The Balaban J connectivity index is 1.27. The molecule has 0 spiro atoms. The van der Waals surface area contributed by atoms with Crippen LogP contribution in [0.1, 0.15) is 38.5 Å². The average Bonchev–Trinajstić information content (AvgIpc) is 3.23. The molecule has 0 aromatic heterocycles. The fourth-order valence-electron chi connectivity index (χ4n) is 2.94. The molecule has 19 heavy (non-hydrogen) atoms. The summed E-state index contributed by atoms with van der Waals surface area (Å²) in [7, 11) is 0. The summed E-state index contributed by atoms with van der Waals surface area (Å²) in [6.45, 7) is 2.12. The second-order valence-electron chi connectivity index (χ2n) is 6.08. The first-order valence-electron chi connectivity index (χ1n) is 7.83. The van der Waals surface area contributed by atoms with Crippen molar-refractivity contribution in [2.45, 2.75) is 44.6 Å². The van der Waals surface area contributed by atoms with Gasteiger partial charge in [0.25, 0.3) is 0 Å². The third-order valence-electron chi connectivity index (χ3n) is 4.55. The predicted molar refractivity (Wildman–Crippen MR) is 78.4 cm³/mol. The first-order chi connectivity index (χ1) is 9.42. The van der Waals surface area contributed by atoms with Gasteiger partial charge in [0.15, 0.2) is 0 Å². The van der Waals surface area contributed by atoms with Crippen molar-refractivity contribution < 1.29 is 4.74 Å². The van der Waals surface area contributed by atoms with Gasteiger partial charge in [-0.15, -0.1) is 0 Å². The van der Waals surface area contributed by atoms with E-state index in [4.69, 9.17) is 4.74 Å².